The van der Waals surface area contributed by atoms with Gasteiger partial charge in [0.05, 0.1) is 18.3 Å². The highest BCUT2D eigenvalue weighted by molar-refractivity contribution is 6.06. The molecule has 1 N–H and O–H groups in total. The number of carbonyl (C=O) groups excluding carboxylic acids is 1. The lowest BCUT2D eigenvalue weighted by Crippen LogP contribution is -2.53. The molecule has 2 bridgehead atoms. The van der Waals surface area contributed by atoms with Gasteiger partial charge in [0.15, 0.2) is 5.65 Å². The zero-order valence-electron chi connectivity index (χ0n) is 20.4. The Morgan fingerprint density at radius 3 is 2.72 bits per heavy atom. The number of anilines is 1. The van der Waals surface area contributed by atoms with E-state index in [1.165, 1.54) is 0 Å². The van der Waals surface area contributed by atoms with E-state index in [2.05, 4.69) is 47.7 Å². The summed E-state index contributed by atoms with van der Waals surface area (Å²) in [6.07, 6.45) is 6.33. The third-order valence-corrected chi connectivity index (χ3v) is 7.87. The van der Waals surface area contributed by atoms with Gasteiger partial charge in [0.2, 0.25) is 5.91 Å². The van der Waals surface area contributed by atoms with E-state index in [0.29, 0.717) is 24.5 Å². The van der Waals surface area contributed by atoms with E-state index in [1.54, 1.807) is 18.7 Å². The van der Waals surface area contributed by atoms with Crippen LogP contribution < -0.4 is 5.32 Å². The average Bonchev–Trinajstić information content (AvgIpc) is 3.66. The molecule has 4 aromatic rings. The van der Waals surface area contributed by atoms with Gasteiger partial charge in [-0.25, -0.2) is 24.9 Å². The molecular formula is C26H26N8O2. The molecule has 10 nitrogen and oxygen atoms in total. The van der Waals surface area contributed by atoms with Crippen molar-refractivity contribution in [3.63, 3.8) is 0 Å². The first-order valence-electron chi connectivity index (χ1n) is 12.3. The minimum Gasteiger partial charge on any atom is -0.375 e. The maximum Gasteiger partial charge on any atom is 0.249 e. The predicted octanol–water partition coefficient (Wildman–Crippen LogP) is 2.92. The third kappa shape index (κ3) is 2.91. The van der Waals surface area contributed by atoms with E-state index in [4.69, 9.17) is 9.72 Å². The van der Waals surface area contributed by atoms with Crippen LogP contribution in [-0.2, 0) is 21.6 Å². The number of amides is 1. The minimum absolute atomic E-state index is 0.00644. The number of hydrogen-bond donors (Lipinski definition) is 1. The van der Waals surface area contributed by atoms with Crippen molar-refractivity contribution in [2.75, 3.05) is 18.5 Å². The van der Waals surface area contributed by atoms with E-state index in [0.717, 1.165) is 52.5 Å². The van der Waals surface area contributed by atoms with Crippen LogP contribution in [0.15, 0.2) is 36.9 Å². The van der Waals surface area contributed by atoms with Gasteiger partial charge in [-0.2, -0.15) is 0 Å². The van der Waals surface area contributed by atoms with Crippen molar-refractivity contribution in [2.45, 2.75) is 51.4 Å². The summed E-state index contributed by atoms with van der Waals surface area (Å²) in [4.78, 5) is 38.5. The van der Waals surface area contributed by atoms with E-state index in [1.807, 2.05) is 26.0 Å². The molecule has 1 aromatic carbocycles. The fourth-order valence-electron chi connectivity index (χ4n) is 5.98. The Labute approximate surface area is 207 Å². The Morgan fingerprint density at radius 2 is 2.00 bits per heavy atom. The van der Waals surface area contributed by atoms with Gasteiger partial charge in [0.1, 0.15) is 34.7 Å². The summed E-state index contributed by atoms with van der Waals surface area (Å²) >= 11 is 0. The van der Waals surface area contributed by atoms with Crippen LogP contribution in [-0.4, -0.2) is 65.6 Å². The van der Waals surface area contributed by atoms with Crippen LogP contribution in [0.2, 0.25) is 0 Å². The summed E-state index contributed by atoms with van der Waals surface area (Å²) in [5, 5.41) is 3.10. The second-order valence-corrected chi connectivity index (χ2v) is 9.88. The number of aryl methyl sites for hydroxylation is 2. The molecule has 3 unspecified atom stereocenters. The maximum atomic E-state index is 13.3. The molecule has 2 fully saturated rings. The van der Waals surface area contributed by atoms with Crippen LogP contribution in [0.25, 0.3) is 33.8 Å². The largest absolute Gasteiger partial charge is 0.375 e. The molecule has 2 saturated heterocycles. The molecule has 0 aliphatic carbocycles. The molecule has 10 heteroatoms. The summed E-state index contributed by atoms with van der Waals surface area (Å²) in [6.45, 7) is 8.07. The number of nitrogens with one attached hydrogen (secondary N) is 1. The Balaban J connectivity index is 1.37. The number of fused-ring (bicyclic) bond motifs is 4. The number of carbonyl (C=O) groups is 1. The molecule has 3 aromatic heterocycles. The van der Waals surface area contributed by atoms with Crippen molar-refractivity contribution < 1.29 is 9.53 Å². The molecule has 0 saturated carbocycles. The quantitative estimate of drug-likeness (QED) is 0.473. The maximum absolute atomic E-state index is 13.3. The number of likely N-dealkylation sites (tertiary alicyclic amines) is 1. The van der Waals surface area contributed by atoms with Crippen molar-refractivity contribution in [3.8, 4) is 22.6 Å². The first-order chi connectivity index (χ1) is 17.5. The van der Waals surface area contributed by atoms with Crippen LogP contribution >= 0.6 is 0 Å². The van der Waals surface area contributed by atoms with Crippen LogP contribution in [0, 0.1) is 6.92 Å². The summed E-state index contributed by atoms with van der Waals surface area (Å²) in [6, 6.07) is 6.30. The summed E-state index contributed by atoms with van der Waals surface area (Å²) < 4.78 is 7.86. The van der Waals surface area contributed by atoms with Crippen molar-refractivity contribution in [3.05, 3.63) is 48.3 Å². The molecule has 0 radical (unpaired) electrons. The molecular weight excluding hydrogens is 456 g/mol. The van der Waals surface area contributed by atoms with Gasteiger partial charge in [-0.3, -0.25) is 9.69 Å². The van der Waals surface area contributed by atoms with Gasteiger partial charge in [-0.15, -0.1) is 0 Å². The summed E-state index contributed by atoms with van der Waals surface area (Å²) in [5.41, 5.74) is 4.98. The molecule has 182 valence electrons. The molecule has 36 heavy (non-hydrogen) atoms. The highest BCUT2D eigenvalue weighted by Crippen LogP contribution is 2.47. The van der Waals surface area contributed by atoms with Gasteiger partial charge < -0.3 is 14.6 Å². The molecule has 3 aliphatic heterocycles. The van der Waals surface area contributed by atoms with Crippen LogP contribution in [0.1, 0.15) is 31.7 Å². The number of rotatable bonds is 4. The Morgan fingerprint density at radius 1 is 1.17 bits per heavy atom. The number of hydrogen-bond acceptors (Lipinski definition) is 8. The lowest BCUT2D eigenvalue weighted by Gasteiger charge is -2.39. The second kappa shape index (κ2) is 7.62. The number of nitrogens with zero attached hydrogens (tertiary/aromatic N) is 7. The highest BCUT2D eigenvalue weighted by Gasteiger charge is 2.55. The standard InChI is InChI=1S/C26H26N8O2/c1-4-33-23(16-9-27-14(2)28-10-16)32-22-21(29-13-30-24(22)33)15-5-6-20-19(7-15)26(3,25(35)31-20)34-11-18-8-17(34)12-36-18/h5-7,9-10,13,17-18H,4,8,11-12H2,1-3H3,(H,31,35). The Kier molecular flexibility index (Phi) is 4.55. The number of benzene rings is 1. The monoisotopic (exact) mass is 482 g/mol. The van der Waals surface area contributed by atoms with Crippen molar-refractivity contribution in [1.29, 1.82) is 0 Å². The fraction of sp³-hybridized carbons (Fsp3) is 0.385. The van der Waals surface area contributed by atoms with Gasteiger partial charge in [0, 0.05) is 48.3 Å². The first kappa shape index (κ1) is 21.5. The van der Waals surface area contributed by atoms with Gasteiger partial charge in [0.25, 0.3) is 0 Å². The van der Waals surface area contributed by atoms with Gasteiger partial charge in [-0.1, -0.05) is 6.07 Å². The number of morpholine rings is 1. The molecule has 6 heterocycles. The van der Waals surface area contributed by atoms with E-state index >= 15 is 0 Å². The van der Waals surface area contributed by atoms with Crippen LogP contribution in [0.3, 0.4) is 0 Å². The lowest BCUT2D eigenvalue weighted by atomic mass is 9.89. The topological polar surface area (TPSA) is 111 Å². The van der Waals surface area contributed by atoms with Crippen LogP contribution in [0.4, 0.5) is 5.69 Å². The molecule has 0 spiro atoms. The van der Waals surface area contributed by atoms with Gasteiger partial charge in [-0.05, 0) is 39.3 Å². The smallest absolute Gasteiger partial charge is 0.249 e. The Hall–Kier alpha value is -3.76. The minimum atomic E-state index is -0.756. The number of ether oxygens (including phenoxy) is 1. The van der Waals surface area contributed by atoms with E-state index < -0.39 is 5.54 Å². The van der Waals surface area contributed by atoms with Crippen molar-refractivity contribution in [1.82, 2.24) is 34.4 Å². The third-order valence-electron chi connectivity index (χ3n) is 7.87. The zero-order chi connectivity index (χ0) is 24.6. The predicted molar refractivity (Wildman–Crippen MR) is 133 cm³/mol. The first-order valence-corrected chi connectivity index (χ1v) is 12.3. The average molecular weight is 483 g/mol. The second-order valence-electron chi connectivity index (χ2n) is 9.88. The van der Waals surface area contributed by atoms with Crippen molar-refractivity contribution in [2.24, 2.45) is 0 Å². The Bertz CT molecular complexity index is 1530. The molecule has 3 aliphatic rings. The van der Waals surface area contributed by atoms with E-state index in [9.17, 15) is 4.79 Å². The summed E-state index contributed by atoms with van der Waals surface area (Å²) in [5.74, 6) is 1.47. The molecule has 3 atom stereocenters. The molecule has 7 rings (SSSR count). The van der Waals surface area contributed by atoms with Crippen molar-refractivity contribution >= 4 is 22.8 Å². The highest BCUT2D eigenvalue weighted by atomic mass is 16.5. The molecule has 1 amide bonds. The SMILES string of the molecule is CCn1c(-c2cnc(C)nc2)nc2c(-c3ccc4c(c3)C(C)(N3CC5CC3CO5)C(=O)N4)ncnc21. The summed E-state index contributed by atoms with van der Waals surface area (Å²) in [7, 11) is 0. The number of aromatic nitrogens is 6. The van der Waals surface area contributed by atoms with Crippen LogP contribution in [0.5, 0.6) is 0 Å². The van der Waals surface area contributed by atoms with Gasteiger partial charge >= 0.3 is 0 Å². The number of imidazole rings is 1. The normalized spacial score (nSPS) is 25.0. The van der Waals surface area contributed by atoms with E-state index in [-0.39, 0.29) is 18.1 Å². The zero-order valence-corrected chi connectivity index (χ0v) is 20.4. The fourth-order valence-corrected chi connectivity index (χ4v) is 5.98. The lowest BCUT2D eigenvalue weighted by molar-refractivity contribution is -0.130.